The first-order chi connectivity index (χ1) is 10.6. The molecule has 1 saturated heterocycles. The molecule has 0 atom stereocenters. The number of nitro benzene ring substituents is 1. The molecule has 7 heteroatoms. The van der Waals surface area contributed by atoms with Gasteiger partial charge in [-0.25, -0.2) is 0 Å². The summed E-state index contributed by atoms with van der Waals surface area (Å²) in [4.78, 5) is 24.8. The molecule has 7 nitrogen and oxygen atoms in total. The summed E-state index contributed by atoms with van der Waals surface area (Å²) in [5.74, 6) is 0.734. The van der Waals surface area contributed by atoms with Crippen molar-refractivity contribution in [3.05, 3.63) is 33.9 Å². The minimum Gasteiger partial charge on any atom is -0.496 e. The maximum atomic E-state index is 12.6. The molecule has 1 aliphatic rings. The molecule has 0 radical (unpaired) electrons. The van der Waals surface area contributed by atoms with E-state index in [1.54, 1.807) is 4.90 Å². The molecular weight excluding hydrogens is 286 g/mol. The van der Waals surface area contributed by atoms with E-state index >= 15 is 0 Å². The molecule has 0 aliphatic carbocycles. The highest BCUT2D eigenvalue weighted by Crippen LogP contribution is 2.27. The average molecular weight is 307 g/mol. The molecule has 1 aromatic carbocycles. The normalized spacial score (nSPS) is 15.6. The van der Waals surface area contributed by atoms with Crippen LogP contribution >= 0.6 is 0 Å². The lowest BCUT2D eigenvalue weighted by atomic mass is 9.96. The molecule has 0 aromatic heterocycles. The Balaban J connectivity index is 2.15. The summed E-state index contributed by atoms with van der Waals surface area (Å²) in [5, 5.41) is 14.1. The van der Waals surface area contributed by atoms with Gasteiger partial charge in [-0.1, -0.05) is 0 Å². The van der Waals surface area contributed by atoms with Crippen molar-refractivity contribution in [2.75, 3.05) is 33.8 Å². The second-order valence-electron chi connectivity index (χ2n) is 5.43. The first-order valence-corrected chi connectivity index (χ1v) is 7.33. The minimum atomic E-state index is -0.505. The predicted octanol–water partition coefficient (Wildman–Crippen LogP) is 1.68. The lowest BCUT2D eigenvalue weighted by molar-refractivity contribution is -0.384. The van der Waals surface area contributed by atoms with Crippen molar-refractivity contribution in [1.29, 1.82) is 0 Å². The van der Waals surface area contributed by atoms with Crippen LogP contribution in [0.1, 0.15) is 23.2 Å². The number of nitrogens with one attached hydrogen (secondary N) is 1. The number of amides is 1. The number of carbonyl (C=O) groups excluding carboxylic acids is 1. The Bertz CT molecular complexity index is 554. The molecule has 0 spiro atoms. The first-order valence-electron chi connectivity index (χ1n) is 7.33. The molecule has 1 aliphatic heterocycles. The van der Waals surface area contributed by atoms with E-state index in [0.717, 1.165) is 19.4 Å². The van der Waals surface area contributed by atoms with Gasteiger partial charge in [-0.15, -0.1) is 0 Å². The predicted molar refractivity (Wildman–Crippen MR) is 82.2 cm³/mol. The van der Waals surface area contributed by atoms with Crippen molar-refractivity contribution in [3.8, 4) is 5.75 Å². The van der Waals surface area contributed by atoms with Crippen LogP contribution in [-0.4, -0.2) is 49.5 Å². The van der Waals surface area contributed by atoms with Crippen LogP contribution in [0.3, 0.4) is 0 Å². The van der Waals surface area contributed by atoms with Gasteiger partial charge in [-0.2, -0.15) is 0 Å². The molecule has 120 valence electrons. The second kappa shape index (κ2) is 7.22. The summed E-state index contributed by atoms with van der Waals surface area (Å²) < 4.78 is 5.17. The van der Waals surface area contributed by atoms with Gasteiger partial charge in [0.2, 0.25) is 0 Å². The Morgan fingerprint density at radius 2 is 2.14 bits per heavy atom. The first kappa shape index (κ1) is 16.2. The van der Waals surface area contributed by atoms with Crippen LogP contribution < -0.4 is 10.1 Å². The fraction of sp³-hybridized carbons (Fsp3) is 0.533. The highest BCUT2D eigenvalue weighted by molar-refractivity contribution is 5.97. The van der Waals surface area contributed by atoms with Crippen LogP contribution in [0.4, 0.5) is 5.69 Å². The Hall–Kier alpha value is -2.15. The van der Waals surface area contributed by atoms with E-state index in [1.807, 2.05) is 7.05 Å². The lowest BCUT2D eigenvalue weighted by Crippen LogP contribution is -2.40. The maximum Gasteiger partial charge on any atom is 0.270 e. The molecule has 1 heterocycles. The molecule has 22 heavy (non-hydrogen) atoms. The number of carbonyl (C=O) groups is 1. The van der Waals surface area contributed by atoms with Gasteiger partial charge in [0.1, 0.15) is 5.75 Å². The number of ether oxygens (including phenoxy) is 1. The molecule has 0 bridgehead atoms. The van der Waals surface area contributed by atoms with Crippen molar-refractivity contribution in [2.45, 2.75) is 12.8 Å². The Kier molecular flexibility index (Phi) is 5.32. The van der Waals surface area contributed by atoms with Crippen LogP contribution in [0, 0.1) is 16.0 Å². The van der Waals surface area contributed by atoms with Crippen LogP contribution in [0.2, 0.25) is 0 Å². The number of hydrogen-bond donors (Lipinski definition) is 1. The number of benzene rings is 1. The van der Waals surface area contributed by atoms with Crippen molar-refractivity contribution in [3.63, 3.8) is 0 Å². The monoisotopic (exact) mass is 307 g/mol. The van der Waals surface area contributed by atoms with Crippen molar-refractivity contribution in [1.82, 2.24) is 10.2 Å². The number of piperidine rings is 1. The van der Waals surface area contributed by atoms with Gasteiger partial charge in [0, 0.05) is 25.2 Å². The van der Waals surface area contributed by atoms with Crippen LogP contribution in [0.25, 0.3) is 0 Å². The average Bonchev–Trinajstić information content (AvgIpc) is 2.54. The third-order valence-corrected chi connectivity index (χ3v) is 4.02. The van der Waals surface area contributed by atoms with Crippen molar-refractivity contribution < 1.29 is 14.5 Å². The van der Waals surface area contributed by atoms with E-state index in [9.17, 15) is 14.9 Å². The van der Waals surface area contributed by atoms with Crippen LogP contribution in [0.5, 0.6) is 5.75 Å². The molecule has 1 fully saturated rings. The molecule has 1 N–H and O–H groups in total. The summed E-state index contributed by atoms with van der Waals surface area (Å²) in [7, 11) is 3.38. The number of rotatable bonds is 5. The number of methoxy groups -OCH3 is 1. The van der Waals surface area contributed by atoms with E-state index in [0.29, 0.717) is 24.8 Å². The fourth-order valence-corrected chi connectivity index (χ4v) is 2.78. The van der Waals surface area contributed by atoms with Crippen molar-refractivity contribution >= 4 is 11.6 Å². The zero-order valence-corrected chi connectivity index (χ0v) is 12.9. The minimum absolute atomic E-state index is 0.103. The van der Waals surface area contributed by atoms with Gasteiger partial charge in [-0.3, -0.25) is 14.9 Å². The van der Waals surface area contributed by atoms with Gasteiger partial charge in [-0.05, 0) is 38.4 Å². The molecule has 1 amide bonds. The molecule has 0 unspecified atom stereocenters. The molecule has 2 rings (SSSR count). The van der Waals surface area contributed by atoms with E-state index in [2.05, 4.69) is 5.32 Å². The lowest BCUT2D eigenvalue weighted by Gasteiger charge is -2.32. The molecule has 1 aromatic rings. The highest BCUT2D eigenvalue weighted by atomic mass is 16.6. The quantitative estimate of drug-likeness (QED) is 0.661. The van der Waals surface area contributed by atoms with Gasteiger partial charge in [0.15, 0.2) is 0 Å². The topological polar surface area (TPSA) is 84.7 Å². The summed E-state index contributed by atoms with van der Waals surface area (Å²) >= 11 is 0. The second-order valence-corrected chi connectivity index (χ2v) is 5.43. The van der Waals surface area contributed by atoms with E-state index in [1.165, 1.54) is 25.3 Å². The third-order valence-electron chi connectivity index (χ3n) is 4.02. The number of likely N-dealkylation sites (tertiary alicyclic amines) is 1. The van der Waals surface area contributed by atoms with Gasteiger partial charge in [0.05, 0.1) is 17.6 Å². The molecular formula is C15H21N3O4. The van der Waals surface area contributed by atoms with Gasteiger partial charge < -0.3 is 15.0 Å². The summed E-state index contributed by atoms with van der Waals surface area (Å²) in [5.41, 5.74) is 0.151. The van der Waals surface area contributed by atoms with E-state index in [4.69, 9.17) is 4.74 Å². The largest absolute Gasteiger partial charge is 0.496 e. The Labute approximate surface area is 129 Å². The third kappa shape index (κ3) is 3.54. The summed E-state index contributed by atoms with van der Waals surface area (Å²) in [6.45, 7) is 2.27. The van der Waals surface area contributed by atoms with Gasteiger partial charge >= 0.3 is 0 Å². The summed E-state index contributed by atoms with van der Waals surface area (Å²) in [6.07, 6.45) is 1.87. The number of nitrogens with zero attached hydrogens (tertiary/aromatic N) is 2. The van der Waals surface area contributed by atoms with Crippen molar-refractivity contribution in [2.24, 2.45) is 5.92 Å². The van der Waals surface area contributed by atoms with E-state index in [-0.39, 0.29) is 17.2 Å². The standard InChI is InChI=1S/C15H21N3O4/c1-16-10-11-5-7-17(8-6-11)15(19)13-9-12(18(20)21)3-4-14(13)22-2/h3-4,9,11,16H,5-8,10H2,1-2H3. The Morgan fingerprint density at radius 3 is 2.68 bits per heavy atom. The molecule has 0 saturated carbocycles. The number of hydrogen-bond acceptors (Lipinski definition) is 5. The van der Waals surface area contributed by atoms with E-state index < -0.39 is 4.92 Å². The maximum absolute atomic E-state index is 12.6. The number of nitro groups is 1. The van der Waals surface area contributed by atoms with Crippen LogP contribution in [-0.2, 0) is 0 Å². The smallest absolute Gasteiger partial charge is 0.270 e. The zero-order valence-electron chi connectivity index (χ0n) is 12.9. The van der Waals surface area contributed by atoms with Gasteiger partial charge in [0.25, 0.3) is 11.6 Å². The zero-order chi connectivity index (χ0) is 16.1. The fourth-order valence-electron chi connectivity index (χ4n) is 2.78. The van der Waals surface area contributed by atoms with Crippen LogP contribution in [0.15, 0.2) is 18.2 Å². The highest BCUT2D eigenvalue weighted by Gasteiger charge is 2.26. The SMILES string of the molecule is CNCC1CCN(C(=O)c2cc([N+](=O)[O-])ccc2OC)CC1. The summed E-state index contributed by atoms with van der Waals surface area (Å²) in [6, 6.07) is 4.11. The number of non-ortho nitro benzene ring substituents is 1. The Morgan fingerprint density at radius 1 is 1.45 bits per heavy atom.